The molecule has 0 aliphatic rings. The van der Waals surface area contributed by atoms with Crippen LogP contribution >= 0.6 is 23.2 Å². The maximum atomic E-state index is 13.7. The van der Waals surface area contributed by atoms with E-state index in [4.69, 9.17) is 23.2 Å². The minimum Gasteiger partial charge on any atom is -0.345 e. The Morgan fingerprint density at radius 1 is 1.24 bits per heavy atom. The molecule has 25 heavy (non-hydrogen) atoms. The summed E-state index contributed by atoms with van der Waals surface area (Å²) in [6.07, 6.45) is 1.39. The zero-order valence-corrected chi connectivity index (χ0v) is 14.5. The van der Waals surface area contributed by atoms with Crippen LogP contribution < -0.4 is 5.32 Å². The maximum absolute atomic E-state index is 13.7. The van der Waals surface area contributed by atoms with Crippen LogP contribution in [0.4, 0.5) is 4.39 Å². The van der Waals surface area contributed by atoms with Gasteiger partial charge in [-0.15, -0.1) is 5.10 Å². The minimum atomic E-state index is -0.601. The standard InChI is InChI=1S/C16H12Cl2FN5O/c1-9(11-6-14(19)13(18)7-12(11)17)21-16(25)10-4-2-3-5-15(10)24-8-20-22-23-24/h2-9H,1H3,(H,21,25). The molecule has 3 rings (SSSR count). The highest BCUT2D eigenvalue weighted by Crippen LogP contribution is 2.29. The number of para-hydroxylation sites is 1. The van der Waals surface area contributed by atoms with Gasteiger partial charge in [0.15, 0.2) is 0 Å². The van der Waals surface area contributed by atoms with Crippen LogP contribution in [-0.2, 0) is 0 Å². The number of halogens is 3. The van der Waals surface area contributed by atoms with E-state index in [0.29, 0.717) is 16.8 Å². The normalized spacial score (nSPS) is 12.0. The van der Waals surface area contributed by atoms with Crippen LogP contribution in [0.5, 0.6) is 0 Å². The molecule has 0 fully saturated rings. The number of aromatic nitrogens is 4. The SMILES string of the molecule is CC(NC(=O)c1ccccc1-n1cnnn1)c1cc(F)c(Cl)cc1Cl. The minimum absolute atomic E-state index is 0.0729. The molecule has 0 aliphatic carbocycles. The van der Waals surface area contributed by atoms with Gasteiger partial charge in [-0.25, -0.2) is 4.39 Å². The van der Waals surface area contributed by atoms with Crippen LogP contribution in [0.15, 0.2) is 42.7 Å². The number of carbonyl (C=O) groups excluding carboxylic acids is 1. The molecule has 0 spiro atoms. The Bertz CT molecular complexity index is 917. The summed E-state index contributed by atoms with van der Waals surface area (Å²) in [7, 11) is 0. The number of carbonyl (C=O) groups is 1. The van der Waals surface area contributed by atoms with Crippen LogP contribution in [0.3, 0.4) is 0 Å². The molecule has 0 saturated carbocycles. The van der Waals surface area contributed by atoms with Crippen molar-refractivity contribution in [3.05, 3.63) is 69.7 Å². The van der Waals surface area contributed by atoms with Crippen LogP contribution in [0.1, 0.15) is 28.9 Å². The maximum Gasteiger partial charge on any atom is 0.253 e. The van der Waals surface area contributed by atoms with Gasteiger partial charge in [-0.1, -0.05) is 35.3 Å². The quantitative estimate of drug-likeness (QED) is 0.702. The Morgan fingerprint density at radius 3 is 2.72 bits per heavy atom. The molecular weight excluding hydrogens is 368 g/mol. The first-order chi connectivity index (χ1) is 12.0. The van der Waals surface area contributed by atoms with Crippen molar-refractivity contribution in [1.82, 2.24) is 25.5 Å². The Kier molecular flexibility index (Phi) is 4.96. The third-order valence-electron chi connectivity index (χ3n) is 3.60. The van der Waals surface area contributed by atoms with Gasteiger partial charge in [0.1, 0.15) is 12.1 Å². The molecule has 6 nitrogen and oxygen atoms in total. The van der Waals surface area contributed by atoms with E-state index in [1.165, 1.54) is 23.1 Å². The van der Waals surface area contributed by atoms with Crippen molar-refractivity contribution in [2.24, 2.45) is 0 Å². The molecule has 0 radical (unpaired) electrons. The predicted molar refractivity (Wildman–Crippen MR) is 91.5 cm³/mol. The van der Waals surface area contributed by atoms with Crippen molar-refractivity contribution < 1.29 is 9.18 Å². The van der Waals surface area contributed by atoms with Gasteiger partial charge in [-0.05, 0) is 47.2 Å². The molecule has 1 N–H and O–H groups in total. The Hall–Kier alpha value is -2.51. The summed E-state index contributed by atoms with van der Waals surface area (Å²) in [6.45, 7) is 1.70. The molecule has 1 amide bonds. The molecule has 0 saturated heterocycles. The molecule has 0 aliphatic heterocycles. The number of benzene rings is 2. The zero-order valence-electron chi connectivity index (χ0n) is 12.9. The average Bonchev–Trinajstić information content (AvgIpc) is 3.12. The molecule has 1 unspecified atom stereocenters. The fourth-order valence-electron chi connectivity index (χ4n) is 2.36. The molecule has 2 aromatic carbocycles. The van der Waals surface area contributed by atoms with E-state index in [1.54, 1.807) is 31.2 Å². The average molecular weight is 380 g/mol. The summed E-state index contributed by atoms with van der Waals surface area (Å²) in [5.41, 5.74) is 1.31. The van der Waals surface area contributed by atoms with Gasteiger partial charge in [0.2, 0.25) is 0 Å². The van der Waals surface area contributed by atoms with E-state index in [-0.39, 0.29) is 16.0 Å². The van der Waals surface area contributed by atoms with Gasteiger partial charge in [-0.3, -0.25) is 4.79 Å². The fraction of sp³-hybridized carbons (Fsp3) is 0.125. The lowest BCUT2D eigenvalue weighted by Gasteiger charge is -2.17. The summed E-state index contributed by atoms with van der Waals surface area (Å²) < 4.78 is 15.1. The zero-order chi connectivity index (χ0) is 18.0. The van der Waals surface area contributed by atoms with Crippen molar-refractivity contribution in [2.75, 3.05) is 0 Å². The van der Waals surface area contributed by atoms with Crippen LogP contribution in [0, 0.1) is 5.82 Å². The first kappa shape index (κ1) is 17.3. The van der Waals surface area contributed by atoms with Gasteiger partial charge in [0.05, 0.1) is 22.3 Å². The van der Waals surface area contributed by atoms with Gasteiger partial charge < -0.3 is 5.32 Å². The van der Waals surface area contributed by atoms with Gasteiger partial charge in [0, 0.05) is 5.02 Å². The van der Waals surface area contributed by atoms with E-state index in [2.05, 4.69) is 20.8 Å². The highest BCUT2D eigenvalue weighted by atomic mass is 35.5. The molecule has 128 valence electrons. The van der Waals surface area contributed by atoms with Gasteiger partial charge in [-0.2, -0.15) is 4.68 Å². The van der Waals surface area contributed by atoms with Crippen molar-refractivity contribution >= 4 is 29.1 Å². The number of nitrogens with zero attached hydrogens (tertiary/aromatic N) is 4. The van der Waals surface area contributed by atoms with Crippen LogP contribution in [0.2, 0.25) is 10.0 Å². The molecule has 1 aromatic heterocycles. The van der Waals surface area contributed by atoms with Gasteiger partial charge >= 0.3 is 0 Å². The Labute approximate surface area is 152 Å². The van der Waals surface area contributed by atoms with E-state index in [1.807, 2.05) is 0 Å². The smallest absolute Gasteiger partial charge is 0.253 e. The van der Waals surface area contributed by atoms with Gasteiger partial charge in [0.25, 0.3) is 5.91 Å². The van der Waals surface area contributed by atoms with Crippen LogP contribution in [-0.4, -0.2) is 26.1 Å². The number of nitrogens with one attached hydrogen (secondary N) is 1. The monoisotopic (exact) mass is 379 g/mol. The van der Waals surface area contributed by atoms with E-state index in [9.17, 15) is 9.18 Å². The third-order valence-corrected chi connectivity index (χ3v) is 4.22. The molecule has 3 aromatic rings. The largest absolute Gasteiger partial charge is 0.345 e. The fourth-order valence-corrected chi connectivity index (χ4v) is 2.91. The molecule has 9 heteroatoms. The lowest BCUT2D eigenvalue weighted by Crippen LogP contribution is -2.28. The number of amides is 1. The summed E-state index contributed by atoms with van der Waals surface area (Å²) in [6, 6.07) is 8.83. The topological polar surface area (TPSA) is 72.7 Å². The van der Waals surface area contributed by atoms with E-state index >= 15 is 0 Å². The second-order valence-corrected chi connectivity index (χ2v) is 6.07. The number of rotatable bonds is 4. The summed E-state index contributed by atoms with van der Waals surface area (Å²) in [5.74, 6) is -0.971. The Morgan fingerprint density at radius 2 is 2.00 bits per heavy atom. The Balaban J connectivity index is 1.87. The summed E-state index contributed by atoms with van der Waals surface area (Å²) >= 11 is 11.8. The second kappa shape index (κ2) is 7.16. The first-order valence-electron chi connectivity index (χ1n) is 7.25. The highest BCUT2D eigenvalue weighted by molar-refractivity contribution is 6.35. The van der Waals surface area contributed by atoms with Crippen molar-refractivity contribution in [2.45, 2.75) is 13.0 Å². The number of hydrogen-bond donors (Lipinski definition) is 1. The van der Waals surface area contributed by atoms with Crippen LogP contribution in [0.25, 0.3) is 5.69 Å². The first-order valence-corrected chi connectivity index (χ1v) is 8.00. The molecule has 1 heterocycles. The van der Waals surface area contributed by atoms with E-state index in [0.717, 1.165) is 0 Å². The highest BCUT2D eigenvalue weighted by Gasteiger charge is 2.19. The molecule has 0 bridgehead atoms. The second-order valence-electron chi connectivity index (χ2n) is 5.25. The molecular formula is C16H12Cl2FN5O. The number of hydrogen-bond acceptors (Lipinski definition) is 4. The van der Waals surface area contributed by atoms with Crippen molar-refractivity contribution in [3.63, 3.8) is 0 Å². The lowest BCUT2D eigenvalue weighted by molar-refractivity contribution is 0.0939. The lowest BCUT2D eigenvalue weighted by atomic mass is 10.1. The molecule has 1 atom stereocenters. The summed E-state index contributed by atoms with van der Waals surface area (Å²) in [4.78, 5) is 12.7. The van der Waals surface area contributed by atoms with E-state index < -0.39 is 11.9 Å². The number of tetrazole rings is 1. The van der Waals surface area contributed by atoms with Crippen molar-refractivity contribution in [1.29, 1.82) is 0 Å². The predicted octanol–water partition coefficient (Wildman–Crippen LogP) is 3.60. The summed E-state index contributed by atoms with van der Waals surface area (Å²) in [5, 5.41) is 13.9. The van der Waals surface area contributed by atoms with Crippen molar-refractivity contribution in [3.8, 4) is 5.69 Å². The third kappa shape index (κ3) is 3.62.